The maximum Gasteiger partial charge on any atom is 0.261 e. The van der Waals surface area contributed by atoms with Crippen LogP contribution < -0.4 is 10.2 Å². The molecule has 0 unspecified atom stereocenters. The van der Waals surface area contributed by atoms with Crippen LogP contribution >= 0.6 is 11.3 Å². The van der Waals surface area contributed by atoms with Gasteiger partial charge in [0.05, 0.1) is 23.5 Å². The number of nitrogens with zero attached hydrogens (tertiary/aromatic N) is 4. The van der Waals surface area contributed by atoms with Crippen LogP contribution in [0, 0.1) is 6.92 Å². The van der Waals surface area contributed by atoms with E-state index in [1.54, 1.807) is 6.33 Å². The molecule has 150 valence electrons. The number of anilines is 1. The molecule has 1 N–H and O–H groups in total. The second-order valence-corrected chi connectivity index (χ2v) is 9.05. The Morgan fingerprint density at radius 3 is 2.61 bits per heavy atom. The summed E-state index contributed by atoms with van der Waals surface area (Å²) in [5.74, 6) is 1.03. The van der Waals surface area contributed by atoms with Gasteiger partial charge in [0.15, 0.2) is 0 Å². The molecule has 3 fully saturated rings. The molecule has 1 saturated carbocycles. The topological polar surface area (TPSA) is 70.6 Å². The maximum atomic E-state index is 12.6. The highest BCUT2D eigenvalue weighted by molar-refractivity contribution is 7.20. The second kappa shape index (κ2) is 7.57. The average Bonchev–Trinajstić information content (AvgIpc) is 3.49. The molecular weight excluding hydrogens is 374 g/mol. The zero-order chi connectivity index (χ0) is 19.1. The first-order valence-electron chi connectivity index (χ1n) is 10.3. The van der Waals surface area contributed by atoms with Crippen molar-refractivity contribution in [3.63, 3.8) is 0 Å². The standard InChI is InChI=1S/C20H27N5O2S/c1-13-16-18(25-6-4-15(5-7-25)24-8-10-27-11-9-24)21-12-22-20(16)28-17(13)19(26)23-14-2-3-14/h12,14-15H,2-11H2,1H3,(H,23,26). The van der Waals surface area contributed by atoms with Gasteiger partial charge in [0.25, 0.3) is 5.91 Å². The van der Waals surface area contributed by atoms with E-state index in [0.29, 0.717) is 12.1 Å². The van der Waals surface area contributed by atoms with E-state index in [9.17, 15) is 4.79 Å². The zero-order valence-corrected chi connectivity index (χ0v) is 17.1. The van der Waals surface area contributed by atoms with Crippen LogP contribution in [0.4, 0.5) is 5.82 Å². The van der Waals surface area contributed by atoms with Crippen molar-refractivity contribution in [2.75, 3.05) is 44.3 Å². The summed E-state index contributed by atoms with van der Waals surface area (Å²) in [6.45, 7) is 7.82. The fraction of sp³-hybridized carbons (Fsp3) is 0.650. The van der Waals surface area contributed by atoms with Gasteiger partial charge in [-0.1, -0.05) is 0 Å². The van der Waals surface area contributed by atoms with Gasteiger partial charge < -0.3 is 15.0 Å². The number of carbonyl (C=O) groups excluding carboxylic acids is 1. The molecule has 3 aliphatic rings. The smallest absolute Gasteiger partial charge is 0.261 e. The van der Waals surface area contributed by atoms with Crippen molar-refractivity contribution in [3.05, 3.63) is 16.8 Å². The average molecular weight is 402 g/mol. The SMILES string of the molecule is Cc1c(C(=O)NC2CC2)sc2ncnc(N3CCC(N4CCOCC4)CC3)c12. The summed E-state index contributed by atoms with van der Waals surface area (Å²) in [7, 11) is 0. The second-order valence-electron chi connectivity index (χ2n) is 8.05. The van der Waals surface area contributed by atoms with Crippen LogP contribution in [0.2, 0.25) is 0 Å². The van der Waals surface area contributed by atoms with Crippen molar-refractivity contribution < 1.29 is 9.53 Å². The van der Waals surface area contributed by atoms with Gasteiger partial charge in [0.2, 0.25) is 0 Å². The van der Waals surface area contributed by atoms with Gasteiger partial charge in [0, 0.05) is 38.3 Å². The molecule has 0 bridgehead atoms. The number of nitrogens with one attached hydrogen (secondary N) is 1. The van der Waals surface area contributed by atoms with E-state index in [4.69, 9.17) is 4.74 Å². The Morgan fingerprint density at radius 2 is 1.89 bits per heavy atom. The van der Waals surface area contributed by atoms with Gasteiger partial charge in [-0.2, -0.15) is 0 Å². The van der Waals surface area contributed by atoms with Crippen molar-refractivity contribution in [2.45, 2.75) is 44.7 Å². The van der Waals surface area contributed by atoms with Crippen LogP contribution in [-0.2, 0) is 4.74 Å². The van der Waals surface area contributed by atoms with E-state index in [2.05, 4.69) is 25.1 Å². The summed E-state index contributed by atoms with van der Waals surface area (Å²) >= 11 is 1.49. The number of hydrogen-bond acceptors (Lipinski definition) is 7. The van der Waals surface area contributed by atoms with E-state index in [-0.39, 0.29) is 5.91 Å². The number of fused-ring (bicyclic) bond motifs is 1. The summed E-state index contributed by atoms with van der Waals surface area (Å²) in [4.78, 5) is 28.4. The first-order valence-corrected chi connectivity index (χ1v) is 11.1. The number of rotatable bonds is 4. The Labute approximate surface area is 169 Å². The molecule has 2 saturated heterocycles. The Bertz CT molecular complexity index is 867. The number of thiophene rings is 1. The van der Waals surface area contributed by atoms with E-state index < -0.39 is 0 Å². The van der Waals surface area contributed by atoms with Crippen LogP contribution in [0.25, 0.3) is 10.2 Å². The van der Waals surface area contributed by atoms with Crippen LogP contribution in [-0.4, -0.2) is 72.3 Å². The third-order valence-electron chi connectivity index (χ3n) is 6.15. The summed E-state index contributed by atoms with van der Waals surface area (Å²) in [6.07, 6.45) is 6.12. The number of ether oxygens (including phenoxy) is 1. The molecule has 5 rings (SSSR count). The fourth-order valence-electron chi connectivity index (χ4n) is 4.37. The lowest BCUT2D eigenvalue weighted by molar-refractivity contribution is 0.0115. The minimum atomic E-state index is 0.0416. The van der Waals surface area contributed by atoms with Gasteiger partial charge in [-0.25, -0.2) is 9.97 Å². The molecule has 2 aromatic rings. The maximum absolute atomic E-state index is 12.6. The molecular formula is C20H27N5O2S. The number of aromatic nitrogens is 2. The minimum absolute atomic E-state index is 0.0416. The molecule has 1 amide bonds. The van der Waals surface area contributed by atoms with Crippen molar-refractivity contribution in [3.8, 4) is 0 Å². The Hall–Kier alpha value is -1.77. The third-order valence-corrected chi connectivity index (χ3v) is 7.35. The highest BCUT2D eigenvalue weighted by atomic mass is 32.1. The van der Waals surface area contributed by atoms with Crippen molar-refractivity contribution in [2.24, 2.45) is 0 Å². The van der Waals surface area contributed by atoms with Gasteiger partial charge in [0.1, 0.15) is 17.0 Å². The number of carbonyl (C=O) groups is 1. The molecule has 0 atom stereocenters. The molecule has 2 aliphatic heterocycles. The first-order chi connectivity index (χ1) is 13.7. The molecule has 0 aromatic carbocycles. The molecule has 1 aliphatic carbocycles. The van der Waals surface area contributed by atoms with Gasteiger partial charge in [-0.05, 0) is 38.2 Å². The number of amides is 1. The van der Waals surface area contributed by atoms with E-state index >= 15 is 0 Å². The molecule has 0 radical (unpaired) electrons. The summed E-state index contributed by atoms with van der Waals surface area (Å²) in [5, 5.41) is 4.16. The zero-order valence-electron chi connectivity index (χ0n) is 16.3. The van der Waals surface area contributed by atoms with Crippen LogP contribution in [0.3, 0.4) is 0 Å². The van der Waals surface area contributed by atoms with Gasteiger partial charge in [-0.3, -0.25) is 9.69 Å². The monoisotopic (exact) mass is 401 g/mol. The lowest BCUT2D eigenvalue weighted by Gasteiger charge is -2.40. The Kier molecular flexibility index (Phi) is 4.94. The minimum Gasteiger partial charge on any atom is -0.379 e. The van der Waals surface area contributed by atoms with Crippen molar-refractivity contribution in [1.29, 1.82) is 0 Å². The Morgan fingerprint density at radius 1 is 1.14 bits per heavy atom. The predicted molar refractivity (Wildman–Crippen MR) is 110 cm³/mol. The van der Waals surface area contributed by atoms with Gasteiger partial charge in [-0.15, -0.1) is 11.3 Å². The normalized spacial score (nSPS) is 22.0. The highest BCUT2D eigenvalue weighted by Crippen LogP contribution is 2.36. The lowest BCUT2D eigenvalue weighted by Crippen LogP contribution is -2.49. The third kappa shape index (κ3) is 3.49. The van der Waals surface area contributed by atoms with Crippen LogP contribution in [0.1, 0.15) is 40.9 Å². The van der Waals surface area contributed by atoms with Crippen molar-refractivity contribution >= 4 is 33.3 Å². The molecule has 4 heterocycles. The number of aryl methyl sites for hydroxylation is 1. The van der Waals surface area contributed by atoms with Crippen LogP contribution in [0.15, 0.2) is 6.33 Å². The number of piperidine rings is 1. The van der Waals surface area contributed by atoms with Crippen LogP contribution in [0.5, 0.6) is 0 Å². The number of morpholine rings is 1. The van der Waals surface area contributed by atoms with E-state index in [1.807, 2.05) is 6.92 Å². The molecule has 0 spiro atoms. The lowest BCUT2D eigenvalue weighted by atomic mass is 10.0. The molecule has 2 aromatic heterocycles. The highest BCUT2D eigenvalue weighted by Gasteiger charge is 2.30. The van der Waals surface area contributed by atoms with Gasteiger partial charge >= 0.3 is 0 Å². The van der Waals surface area contributed by atoms with E-state index in [1.165, 1.54) is 11.3 Å². The fourth-order valence-corrected chi connectivity index (χ4v) is 5.42. The summed E-state index contributed by atoms with van der Waals surface area (Å²) < 4.78 is 5.49. The first kappa shape index (κ1) is 18.3. The molecule has 8 heteroatoms. The Balaban J connectivity index is 1.35. The predicted octanol–water partition coefficient (Wildman–Crippen LogP) is 2.19. The quantitative estimate of drug-likeness (QED) is 0.847. The largest absolute Gasteiger partial charge is 0.379 e. The van der Waals surface area contributed by atoms with E-state index in [0.717, 1.165) is 91.6 Å². The molecule has 28 heavy (non-hydrogen) atoms. The summed E-state index contributed by atoms with van der Waals surface area (Å²) in [6, 6.07) is 1.00. The number of hydrogen-bond donors (Lipinski definition) is 1. The molecule has 7 nitrogen and oxygen atoms in total. The summed E-state index contributed by atoms with van der Waals surface area (Å²) in [5.41, 5.74) is 1.02. The van der Waals surface area contributed by atoms with Crippen molar-refractivity contribution in [1.82, 2.24) is 20.2 Å².